The molecule has 1 saturated carbocycles. The van der Waals surface area contributed by atoms with Gasteiger partial charge in [-0.15, -0.1) is 0 Å². The molecule has 1 aliphatic rings. The first-order chi connectivity index (χ1) is 9.83. The number of nitrogens with zero attached hydrogens (tertiary/aromatic N) is 2. The molecule has 0 saturated heterocycles. The van der Waals surface area contributed by atoms with E-state index in [1.807, 2.05) is 13.8 Å². The molecule has 0 unspecified atom stereocenters. The third kappa shape index (κ3) is 4.32. The van der Waals surface area contributed by atoms with Crippen LogP contribution in [-0.2, 0) is 0 Å². The minimum atomic E-state index is 0.625. The van der Waals surface area contributed by atoms with Crippen LogP contribution in [0.25, 0.3) is 10.9 Å². The Balaban J connectivity index is 0.000000461. The summed E-state index contributed by atoms with van der Waals surface area (Å²) in [6, 6.07) is 6.93. The van der Waals surface area contributed by atoms with Crippen molar-refractivity contribution >= 4 is 26.8 Å². The molecule has 0 bridgehead atoms. The van der Waals surface area contributed by atoms with Crippen LogP contribution in [0.5, 0.6) is 0 Å². The van der Waals surface area contributed by atoms with Gasteiger partial charge in [-0.2, -0.15) is 5.10 Å². The molecule has 0 spiro atoms. The Morgan fingerprint density at radius 2 is 1.80 bits per heavy atom. The monoisotopic (exact) mass is 340 g/mol. The average molecular weight is 341 g/mol. The Bertz CT molecular complexity index is 504. The van der Waals surface area contributed by atoms with Crippen molar-refractivity contribution in [2.45, 2.75) is 52.0 Å². The molecule has 1 aliphatic carbocycles. The summed E-state index contributed by atoms with van der Waals surface area (Å²) in [5, 5.41) is 12.9. The Morgan fingerprint density at radius 3 is 2.45 bits per heavy atom. The number of aromatic nitrogens is 2. The highest BCUT2D eigenvalue weighted by Crippen LogP contribution is 2.29. The molecule has 3 nitrogen and oxygen atoms in total. The van der Waals surface area contributed by atoms with E-state index in [4.69, 9.17) is 5.11 Å². The minimum Gasteiger partial charge on any atom is -0.400 e. The van der Waals surface area contributed by atoms with Crippen LogP contribution in [0.1, 0.15) is 52.0 Å². The van der Waals surface area contributed by atoms with Crippen molar-refractivity contribution in [3.8, 4) is 0 Å². The normalized spacial score (nSPS) is 15.1. The zero-order chi connectivity index (χ0) is 15.0. The number of halogens is 1. The highest BCUT2D eigenvalue weighted by atomic mass is 79.9. The van der Waals surface area contributed by atoms with Gasteiger partial charge < -0.3 is 5.11 Å². The molecule has 112 valence electrons. The number of fused-ring (bicyclic) bond motifs is 1. The highest BCUT2D eigenvalue weighted by Gasteiger charge is 2.16. The van der Waals surface area contributed by atoms with E-state index in [2.05, 4.69) is 50.1 Å². The van der Waals surface area contributed by atoms with Crippen molar-refractivity contribution in [3.05, 3.63) is 28.9 Å². The SMILES string of the molecule is Brc1ccc2cn(C3CCCCC3)nc2c1.CC.CO. The standard InChI is InChI=1S/C13H15BrN2.C2H6.CH4O/c14-11-7-6-10-9-16(15-13(10)8-11)12-4-2-1-3-5-12;2*1-2/h6-9,12H,1-5H2;1-2H3;2H,1H3. The Morgan fingerprint density at radius 1 is 1.15 bits per heavy atom. The van der Waals surface area contributed by atoms with Gasteiger partial charge in [-0.25, -0.2) is 0 Å². The lowest BCUT2D eigenvalue weighted by Gasteiger charge is -2.21. The van der Waals surface area contributed by atoms with Gasteiger partial charge in [-0.1, -0.05) is 55.1 Å². The molecular weight excluding hydrogens is 316 g/mol. The van der Waals surface area contributed by atoms with Gasteiger partial charge in [-0.05, 0) is 25.0 Å². The van der Waals surface area contributed by atoms with Crippen molar-refractivity contribution in [2.75, 3.05) is 7.11 Å². The van der Waals surface area contributed by atoms with E-state index in [0.717, 1.165) is 17.1 Å². The second-order valence-electron chi connectivity index (χ2n) is 4.60. The number of hydrogen-bond acceptors (Lipinski definition) is 2. The van der Waals surface area contributed by atoms with Crippen LogP contribution in [0, 0.1) is 0 Å². The third-order valence-corrected chi connectivity index (χ3v) is 3.93. The first-order valence-corrected chi connectivity index (χ1v) is 8.21. The molecule has 1 N–H and O–H groups in total. The van der Waals surface area contributed by atoms with Gasteiger partial charge in [0.15, 0.2) is 0 Å². The van der Waals surface area contributed by atoms with Gasteiger partial charge in [0.05, 0.1) is 11.6 Å². The van der Waals surface area contributed by atoms with Gasteiger partial charge in [-0.3, -0.25) is 4.68 Å². The van der Waals surface area contributed by atoms with Gasteiger partial charge in [0, 0.05) is 23.2 Å². The summed E-state index contributed by atoms with van der Waals surface area (Å²) in [6.45, 7) is 4.00. The predicted octanol–water partition coefficient (Wildman–Crippen LogP) is 4.94. The first kappa shape index (κ1) is 17.2. The molecule has 3 rings (SSSR count). The summed E-state index contributed by atoms with van der Waals surface area (Å²) in [5.74, 6) is 0. The van der Waals surface area contributed by atoms with Gasteiger partial charge in [0.2, 0.25) is 0 Å². The lowest BCUT2D eigenvalue weighted by atomic mass is 9.96. The van der Waals surface area contributed by atoms with Crippen LogP contribution in [0.2, 0.25) is 0 Å². The largest absolute Gasteiger partial charge is 0.400 e. The van der Waals surface area contributed by atoms with Crippen LogP contribution in [-0.4, -0.2) is 22.0 Å². The summed E-state index contributed by atoms with van der Waals surface area (Å²) >= 11 is 3.49. The fourth-order valence-corrected chi connectivity index (χ4v) is 2.89. The van der Waals surface area contributed by atoms with Crippen molar-refractivity contribution in [2.24, 2.45) is 0 Å². The summed E-state index contributed by atoms with van der Waals surface area (Å²) in [7, 11) is 1.00. The summed E-state index contributed by atoms with van der Waals surface area (Å²) in [5.41, 5.74) is 1.10. The van der Waals surface area contributed by atoms with Crippen LogP contribution in [0.3, 0.4) is 0 Å². The predicted molar refractivity (Wildman–Crippen MR) is 89.0 cm³/mol. The number of benzene rings is 1. The van der Waals surface area contributed by atoms with Gasteiger partial charge in [0.1, 0.15) is 0 Å². The van der Waals surface area contributed by atoms with Crippen LogP contribution in [0.15, 0.2) is 28.9 Å². The molecule has 0 amide bonds. The second-order valence-corrected chi connectivity index (χ2v) is 5.52. The molecule has 1 heterocycles. The Hall–Kier alpha value is -0.870. The number of aliphatic hydroxyl groups is 1. The molecule has 0 aliphatic heterocycles. The third-order valence-electron chi connectivity index (χ3n) is 3.44. The Labute approximate surface area is 130 Å². The highest BCUT2D eigenvalue weighted by molar-refractivity contribution is 9.10. The van der Waals surface area contributed by atoms with Gasteiger partial charge in [0.25, 0.3) is 0 Å². The smallest absolute Gasteiger partial charge is 0.0934 e. The van der Waals surface area contributed by atoms with E-state index in [1.54, 1.807) is 0 Å². The summed E-state index contributed by atoms with van der Waals surface area (Å²) in [4.78, 5) is 0. The quantitative estimate of drug-likeness (QED) is 0.798. The topological polar surface area (TPSA) is 38.0 Å². The van der Waals surface area contributed by atoms with Crippen molar-refractivity contribution in [1.29, 1.82) is 0 Å². The van der Waals surface area contributed by atoms with Crippen LogP contribution < -0.4 is 0 Å². The fraction of sp³-hybridized carbons (Fsp3) is 0.562. The first-order valence-electron chi connectivity index (χ1n) is 7.42. The van der Waals surface area contributed by atoms with E-state index in [9.17, 15) is 0 Å². The average Bonchev–Trinajstić information content (AvgIpc) is 2.95. The fourth-order valence-electron chi connectivity index (χ4n) is 2.54. The van der Waals surface area contributed by atoms with E-state index in [0.29, 0.717) is 6.04 Å². The molecule has 20 heavy (non-hydrogen) atoms. The number of rotatable bonds is 1. The molecular formula is C16H25BrN2O. The maximum Gasteiger partial charge on any atom is 0.0934 e. The van der Waals surface area contributed by atoms with E-state index >= 15 is 0 Å². The van der Waals surface area contributed by atoms with Crippen LogP contribution in [0.4, 0.5) is 0 Å². The second kappa shape index (κ2) is 9.14. The zero-order valence-corrected chi connectivity index (χ0v) is 14.2. The van der Waals surface area contributed by atoms with E-state index in [1.165, 1.54) is 37.5 Å². The van der Waals surface area contributed by atoms with E-state index in [-0.39, 0.29) is 0 Å². The molecule has 0 radical (unpaired) electrons. The zero-order valence-electron chi connectivity index (χ0n) is 12.6. The van der Waals surface area contributed by atoms with Gasteiger partial charge >= 0.3 is 0 Å². The lowest BCUT2D eigenvalue weighted by molar-refractivity contribution is 0.331. The van der Waals surface area contributed by atoms with Crippen LogP contribution >= 0.6 is 15.9 Å². The number of aliphatic hydroxyl groups excluding tert-OH is 1. The molecule has 1 fully saturated rings. The summed E-state index contributed by atoms with van der Waals surface area (Å²) in [6.07, 6.45) is 8.86. The molecule has 0 atom stereocenters. The summed E-state index contributed by atoms with van der Waals surface area (Å²) < 4.78 is 3.28. The lowest BCUT2D eigenvalue weighted by Crippen LogP contribution is -2.12. The number of hydrogen-bond donors (Lipinski definition) is 1. The molecule has 4 heteroatoms. The van der Waals surface area contributed by atoms with Crippen molar-refractivity contribution in [1.82, 2.24) is 9.78 Å². The molecule has 1 aromatic heterocycles. The minimum absolute atomic E-state index is 0.625. The maximum atomic E-state index is 7.00. The maximum absolute atomic E-state index is 7.00. The van der Waals surface area contributed by atoms with Crippen molar-refractivity contribution < 1.29 is 5.11 Å². The van der Waals surface area contributed by atoms with Crippen molar-refractivity contribution in [3.63, 3.8) is 0 Å². The van der Waals surface area contributed by atoms with E-state index < -0.39 is 0 Å². The molecule has 2 aromatic rings. The molecule has 1 aromatic carbocycles. The Kier molecular flexibility index (Phi) is 7.85.